The minimum Gasteiger partial charge on any atom is -0.495 e. The third kappa shape index (κ3) is 3.56. The number of rotatable bonds is 4. The molecule has 0 atom stereocenters. The molecule has 6 heteroatoms. The van der Waals surface area contributed by atoms with Gasteiger partial charge in [-0.3, -0.25) is 4.98 Å². The van der Waals surface area contributed by atoms with E-state index >= 15 is 0 Å². The van der Waals surface area contributed by atoms with Crippen molar-refractivity contribution in [3.05, 3.63) is 59.0 Å². The molecule has 0 saturated carbocycles. The molecular weight excluding hydrogens is 312 g/mol. The van der Waals surface area contributed by atoms with Crippen LogP contribution in [0.4, 0.5) is 0 Å². The number of hydrogen-bond acceptors (Lipinski definition) is 4. The smallest absolute Gasteiger partial charge is 0.147 e. The first-order valence-corrected chi connectivity index (χ1v) is 7.74. The van der Waals surface area contributed by atoms with Crippen LogP contribution < -0.4 is 4.74 Å². The predicted octanol–water partition coefficient (Wildman–Crippen LogP) is 3.22. The van der Waals surface area contributed by atoms with E-state index in [1.165, 1.54) is 5.57 Å². The van der Waals surface area contributed by atoms with Crippen LogP contribution in [-0.2, 0) is 6.54 Å². The molecule has 0 saturated heterocycles. The standard InChI is InChI=1S/C17H19ClN4O/c1-12-6-13(9-21(2)8-12)17-20-16(18)11-22(17)10-14-4-5-15(23-3)7-19-14/h4-7,9,11H,8,10H2,1-3H3. The van der Waals surface area contributed by atoms with Crippen molar-refractivity contribution in [1.29, 1.82) is 0 Å². The molecule has 3 heterocycles. The van der Waals surface area contributed by atoms with E-state index in [1.54, 1.807) is 13.3 Å². The summed E-state index contributed by atoms with van der Waals surface area (Å²) in [6.45, 7) is 3.65. The van der Waals surface area contributed by atoms with Crippen molar-refractivity contribution < 1.29 is 4.74 Å². The number of allylic oxidation sites excluding steroid dienone is 2. The average Bonchev–Trinajstić information content (AvgIpc) is 2.88. The molecule has 1 aliphatic rings. The van der Waals surface area contributed by atoms with E-state index in [9.17, 15) is 0 Å². The number of ether oxygens (including phenoxy) is 1. The number of methoxy groups -OCH3 is 1. The maximum Gasteiger partial charge on any atom is 0.147 e. The first-order chi connectivity index (χ1) is 11.0. The number of nitrogens with zero attached hydrogens (tertiary/aromatic N) is 4. The van der Waals surface area contributed by atoms with Crippen molar-refractivity contribution in [2.45, 2.75) is 13.5 Å². The van der Waals surface area contributed by atoms with Crippen LogP contribution in [0, 0.1) is 0 Å². The number of pyridine rings is 1. The third-order valence-corrected chi connectivity index (χ3v) is 3.81. The van der Waals surface area contributed by atoms with E-state index in [4.69, 9.17) is 16.3 Å². The van der Waals surface area contributed by atoms with Crippen molar-refractivity contribution in [1.82, 2.24) is 19.4 Å². The number of halogens is 1. The predicted molar refractivity (Wildman–Crippen MR) is 91.5 cm³/mol. The molecule has 3 rings (SSSR count). The number of likely N-dealkylation sites (N-methyl/N-ethyl adjacent to an activating group) is 1. The zero-order valence-corrected chi connectivity index (χ0v) is 14.2. The largest absolute Gasteiger partial charge is 0.495 e. The molecule has 120 valence electrons. The van der Waals surface area contributed by atoms with Gasteiger partial charge in [0.1, 0.15) is 16.7 Å². The summed E-state index contributed by atoms with van der Waals surface area (Å²) < 4.78 is 7.16. The second-order valence-electron chi connectivity index (χ2n) is 5.69. The summed E-state index contributed by atoms with van der Waals surface area (Å²) in [7, 11) is 3.68. The van der Waals surface area contributed by atoms with E-state index in [-0.39, 0.29) is 0 Å². The quantitative estimate of drug-likeness (QED) is 0.863. The molecule has 1 aliphatic heterocycles. The monoisotopic (exact) mass is 330 g/mol. The Labute approximate surface area is 140 Å². The van der Waals surface area contributed by atoms with Crippen molar-refractivity contribution >= 4 is 17.2 Å². The first kappa shape index (κ1) is 15.6. The van der Waals surface area contributed by atoms with E-state index in [0.717, 1.165) is 29.4 Å². The molecule has 2 aromatic heterocycles. The summed E-state index contributed by atoms with van der Waals surface area (Å²) in [6, 6.07) is 3.84. The lowest BCUT2D eigenvalue weighted by Crippen LogP contribution is -2.18. The van der Waals surface area contributed by atoms with Gasteiger partial charge >= 0.3 is 0 Å². The van der Waals surface area contributed by atoms with Crippen LogP contribution in [0.2, 0.25) is 5.15 Å². The molecule has 0 unspecified atom stereocenters. The van der Waals surface area contributed by atoms with Gasteiger partial charge in [0.2, 0.25) is 0 Å². The Bertz CT molecular complexity index is 761. The Hall–Kier alpha value is -2.27. The summed E-state index contributed by atoms with van der Waals surface area (Å²) >= 11 is 6.14. The van der Waals surface area contributed by atoms with Crippen molar-refractivity contribution in [2.75, 3.05) is 20.7 Å². The third-order valence-electron chi connectivity index (χ3n) is 3.63. The normalized spacial score (nSPS) is 14.5. The second kappa shape index (κ2) is 6.46. The van der Waals surface area contributed by atoms with E-state index in [1.807, 2.05) is 22.9 Å². The van der Waals surface area contributed by atoms with E-state index in [2.05, 4.69) is 41.1 Å². The van der Waals surface area contributed by atoms with Crippen LogP contribution in [0.3, 0.4) is 0 Å². The Morgan fingerprint density at radius 2 is 2.17 bits per heavy atom. The number of hydrogen-bond donors (Lipinski definition) is 0. The highest BCUT2D eigenvalue weighted by Gasteiger charge is 2.15. The molecule has 0 aromatic carbocycles. The number of aromatic nitrogens is 3. The Morgan fingerprint density at radius 3 is 2.83 bits per heavy atom. The average molecular weight is 331 g/mol. The molecule has 5 nitrogen and oxygen atoms in total. The van der Waals surface area contributed by atoms with Crippen molar-refractivity contribution in [3.8, 4) is 5.75 Å². The highest BCUT2D eigenvalue weighted by molar-refractivity contribution is 6.29. The van der Waals surface area contributed by atoms with Gasteiger partial charge in [-0.25, -0.2) is 4.98 Å². The fourth-order valence-corrected chi connectivity index (χ4v) is 2.88. The molecule has 0 fully saturated rings. The summed E-state index contributed by atoms with van der Waals surface area (Å²) in [6.07, 6.45) is 7.78. The summed E-state index contributed by atoms with van der Waals surface area (Å²) in [5.41, 5.74) is 3.27. The van der Waals surface area contributed by atoms with E-state index < -0.39 is 0 Å². The molecule has 0 N–H and O–H groups in total. The van der Waals surface area contributed by atoms with Crippen LogP contribution in [0.1, 0.15) is 18.4 Å². The second-order valence-corrected chi connectivity index (χ2v) is 6.08. The molecule has 0 amide bonds. The molecule has 0 aliphatic carbocycles. The van der Waals surface area contributed by atoms with Gasteiger partial charge in [0.25, 0.3) is 0 Å². The van der Waals surface area contributed by atoms with Gasteiger partial charge in [-0.2, -0.15) is 0 Å². The maximum absolute atomic E-state index is 6.14. The van der Waals surface area contributed by atoms with Crippen LogP contribution in [0.25, 0.3) is 5.57 Å². The zero-order chi connectivity index (χ0) is 16.4. The van der Waals surface area contributed by atoms with Gasteiger partial charge < -0.3 is 14.2 Å². The molecule has 0 radical (unpaired) electrons. The molecule has 0 bridgehead atoms. The van der Waals surface area contributed by atoms with Gasteiger partial charge in [-0.15, -0.1) is 0 Å². The molecular formula is C17H19ClN4O. The van der Waals surface area contributed by atoms with E-state index in [0.29, 0.717) is 11.7 Å². The van der Waals surface area contributed by atoms with Gasteiger partial charge in [-0.1, -0.05) is 17.2 Å². The van der Waals surface area contributed by atoms with Crippen molar-refractivity contribution in [2.24, 2.45) is 0 Å². The highest BCUT2D eigenvalue weighted by Crippen LogP contribution is 2.24. The SMILES string of the molecule is COc1ccc(Cn2cc(Cl)nc2C2=CN(C)CC(C)=C2)nc1. The zero-order valence-electron chi connectivity index (χ0n) is 13.5. The number of imidazole rings is 1. The Kier molecular flexibility index (Phi) is 4.39. The van der Waals surface area contributed by atoms with Crippen molar-refractivity contribution in [3.63, 3.8) is 0 Å². The van der Waals surface area contributed by atoms with Crippen LogP contribution >= 0.6 is 11.6 Å². The summed E-state index contributed by atoms with van der Waals surface area (Å²) in [5, 5.41) is 0.480. The topological polar surface area (TPSA) is 43.2 Å². The van der Waals surface area contributed by atoms with Gasteiger partial charge in [0.15, 0.2) is 0 Å². The van der Waals surface area contributed by atoms with Gasteiger partial charge in [0, 0.05) is 31.6 Å². The lowest BCUT2D eigenvalue weighted by molar-refractivity contribution is 0.412. The Balaban J connectivity index is 1.91. The summed E-state index contributed by atoms with van der Waals surface area (Å²) in [5.74, 6) is 1.59. The fourth-order valence-electron chi connectivity index (χ4n) is 2.68. The Morgan fingerprint density at radius 1 is 1.35 bits per heavy atom. The summed E-state index contributed by atoms with van der Waals surface area (Å²) in [4.78, 5) is 11.0. The highest BCUT2D eigenvalue weighted by atomic mass is 35.5. The molecule has 23 heavy (non-hydrogen) atoms. The van der Waals surface area contributed by atoms with Crippen LogP contribution in [-0.4, -0.2) is 40.1 Å². The minimum atomic E-state index is 0.480. The van der Waals surface area contributed by atoms with Gasteiger partial charge in [0.05, 0.1) is 25.5 Å². The minimum absolute atomic E-state index is 0.480. The molecule has 0 spiro atoms. The van der Waals surface area contributed by atoms with Gasteiger partial charge in [-0.05, 0) is 25.1 Å². The first-order valence-electron chi connectivity index (χ1n) is 7.36. The fraction of sp³-hybridized carbons (Fsp3) is 0.294. The van der Waals surface area contributed by atoms with Crippen LogP contribution in [0.5, 0.6) is 5.75 Å². The lowest BCUT2D eigenvalue weighted by atomic mass is 10.1. The maximum atomic E-state index is 6.14. The van der Waals surface area contributed by atoms with Crippen LogP contribution in [0.15, 0.2) is 42.4 Å². The lowest BCUT2D eigenvalue weighted by Gasteiger charge is -2.21. The molecule has 2 aromatic rings.